The van der Waals surface area contributed by atoms with Crippen molar-refractivity contribution in [2.75, 3.05) is 21.3 Å². The Balaban J connectivity index is 1.74. The zero-order chi connectivity index (χ0) is 21.3. The number of hydrogen-bond acceptors (Lipinski definition) is 5. The Morgan fingerprint density at radius 3 is 1.70 bits per heavy atom. The molecule has 3 rings (SSSR count). The molecule has 0 saturated carbocycles. The largest absolute Gasteiger partial charge is 0.493 e. The highest BCUT2D eigenvalue weighted by Gasteiger charge is 2.19. The average molecular weight is 406 g/mol. The molecule has 5 heteroatoms. The molecule has 0 spiro atoms. The van der Waals surface area contributed by atoms with Gasteiger partial charge in [0.15, 0.2) is 17.6 Å². The van der Waals surface area contributed by atoms with Gasteiger partial charge in [-0.05, 0) is 35.2 Å². The molecular weight excluding hydrogens is 380 g/mol. The summed E-state index contributed by atoms with van der Waals surface area (Å²) in [6.07, 6.45) is 0.278. The Morgan fingerprint density at radius 1 is 0.767 bits per heavy atom. The first-order valence-corrected chi connectivity index (χ1v) is 9.74. The van der Waals surface area contributed by atoms with Crippen molar-refractivity contribution in [2.45, 2.75) is 18.9 Å². The molecule has 0 N–H and O–H groups in total. The van der Waals surface area contributed by atoms with E-state index in [1.165, 1.54) is 0 Å². The smallest absolute Gasteiger partial charge is 0.307 e. The van der Waals surface area contributed by atoms with Crippen LogP contribution >= 0.6 is 0 Å². The Morgan fingerprint density at radius 2 is 1.27 bits per heavy atom. The van der Waals surface area contributed by atoms with Crippen molar-refractivity contribution in [2.24, 2.45) is 0 Å². The van der Waals surface area contributed by atoms with E-state index in [4.69, 9.17) is 18.9 Å². The third-order valence-electron chi connectivity index (χ3n) is 4.80. The van der Waals surface area contributed by atoms with Crippen molar-refractivity contribution in [3.63, 3.8) is 0 Å². The van der Waals surface area contributed by atoms with Crippen LogP contribution in [0.25, 0.3) is 0 Å². The molecule has 0 heterocycles. The van der Waals surface area contributed by atoms with Crippen LogP contribution in [0.1, 0.15) is 29.2 Å². The van der Waals surface area contributed by atoms with Crippen molar-refractivity contribution in [3.05, 3.63) is 89.5 Å². The van der Waals surface area contributed by atoms with Gasteiger partial charge in [-0.3, -0.25) is 4.79 Å². The molecule has 0 aliphatic carbocycles. The van der Waals surface area contributed by atoms with Gasteiger partial charge >= 0.3 is 5.97 Å². The van der Waals surface area contributed by atoms with Gasteiger partial charge in [0, 0.05) is 6.42 Å². The second-order valence-electron chi connectivity index (χ2n) is 6.72. The molecule has 30 heavy (non-hydrogen) atoms. The summed E-state index contributed by atoms with van der Waals surface area (Å²) in [7, 11) is 4.70. The van der Waals surface area contributed by atoms with Crippen LogP contribution in [0.4, 0.5) is 0 Å². The van der Waals surface area contributed by atoms with Crippen molar-refractivity contribution in [1.82, 2.24) is 0 Å². The summed E-state index contributed by atoms with van der Waals surface area (Å²) in [5, 5.41) is 0. The minimum Gasteiger partial charge on any atom is -0.493 e. The van der Waals surface area contributed by atoms with Crippen LogP contribution < -0.4 is 14.2 Å². The fraction of sp³-hybridized carbons (Fsp3) is 0.240. The fourth-order valence-electron chi connectivity index (χ4n) is 3.30. The molecule has 0 fully saturated rings. The molecule has 0 aliphatic rings. The number of hydrogen-bond donors (Lipinski definition) is 0. The summed E-state index contributed by atoms with van der Waals surface area (Å²) in [5.74, 6) is 1.37. The first kappa shape index (κ1) is 21.2. The Bertz CT molecular complexity index is 889. The molecular formula is C25H26O5. The lowest BCUT2D eigenvalue weighted by Gasteiger charge is -2.19. The minimum absolute atomic E-state index is 0.231. The molecule has 3 aromatic rings. The Labute approximate surface area is 177 Å². The lowest BCUT2D eigenvalue weighted by atomic mass is 10.0. The highest BCUT2D eigenvalue weighted by atomic mass is 16.5. The van der Waals surface area contributed by atoms with Crippen LogP contribution in [0.2, 0.25) is 0 Å². The summed E-state index contributed by atoms with van der Waals surface area (Å²) < 4.78 is 22.0. The molecule has 0 radical (unpaired) electrons. The van der Waals surface area contributed by atoms with E-state index < -0.39 is 6.10 Å². The molecule has 0 aromatic heterocycles. The maximum absolute atomic E-state index is 12.7. The summed E-state index contributed by atoms with van der Waals surface area (Å²) in [5.41, 5.74) is 2.77. The molecule has 156 valence electrons. The van der Waals surface area contributed by atoms with Gasteiger partial charge < -0.3 is 18.9 Å². The van der Waals surface area contributed by atoms with Gasteiger partial charge in [0.2, 0.25) is 5.75 Å². The maximum atomic E-state index is 12.7. The third-order valence-corrected chi connectivity index (χ3v) is 4.80. The number of methoxy groups -OCH3 is 3. The van der Waals surface area contributed by atoms with Crippen molar-refractivity contribution in [1.29, 1.82) is 0 Å². The molecule has 0 aliphatic heterocycles. The summed E-state index contributed by atoms with van der Waals surface area (Å²) in [4.78, 5) is 12.7. The monoisotopic (exact) mass is 406 g/mol. The van der Waals surface area contributed by atoms with Gasteiger partial charge in [0.1, 0.15) is 0 Å². The van der Waals surface area contributed by atoms with Crippen LogP contribution in [-0.2, 0) is 16.0 Å². The molecule has 0 saturated heterocycles. The summed E-state index contributed by atoms with van der Waals surface area (Å²) in [6, 6.07) is 23.2. The van der Waals surface area contributed by atoms with Gasteiger partial charge in [-0.2, -0.15) is 0 Å². The van der Waals surface area contributed by atoms with E-state index in [-0.39, 0.29) is 12.4 Å². The zero-order valence-electron chi connectivity index (χ0n) is 17.5. The van der Waals surface area contributed by atoms with E-state index in [0.29, 0.717) is 23.7 Å². The van der Waals surface area contributed by atoms with E-state index in [2.05, 4.69) is 0 Å². The van der Waals surface area contributed by atoms with Gasteiger partial charge in [0.05, 0.1) is 21.3 Å². The number of aryl methyl sites for hydroxylation is 1. The van der Waals surface area contributed by atoms with E-state index >= 15 is 0 Å². The van der Waals surface area contributed by atoms with E-state index in [9.17, 15) is 4.79 Å². The summed E-state index contributed by atoms with van der Waals surface area (Å²) >= 11 is 0. The molecule has 5 nitrogen and oxygen atoms in total. The number of carbonyl (C=O) groups excluding carboxylic acids is 1. The average Bonchev–Trinajstić information content (AvgIpc) is 2.81. The van der Waals surface area contributed by atoms with Crippen LogP contribution in [0, 0.1) is 0 Å². The van der Waals surface area contributed by atoms with Gasteiger partial charge in [-0.1, -0.05) is 60.7 Å². The third kappa shape index (κ3) is 5.11. The number of ether oxygens (including phenoxy) is 4. The maximum Gasteiger partial charge on any atom is 0.307 e. The lowest BCUT2D eigenvalue weighted by Crippen LogP contribution is -2.13. The zero-order valence-corrected chi connectivity index (χ0v) is 17.5. The van der Waals surface area contributed by atoms with Crippen LogP contribution in [0.15, 0.2) is 72.8 Å². The Hall–Kier alpha value is -3.47. The first-order valence-electron chi connectivity index (χ1n) is 9.74. The number of carbonyl (C=O) groups is 1. The molecule has 0 amide bonds. The highest BCUT2D eigenvalue weighted by molar-refractivity contribution is 5.70. The quantitative estimate of drug-likeness (QED) is 0.469. The molecule has 0 atom stereocenters. The topological polar surface area (TPSA) is 54.0 Å². The van der Waals surface area contributed by atoms with Crippen LogP contribution in [0.3, 0.4) is 0 Å². The van der Waals surface area contributed by atoms with E-state index in [1.54, 1.807) is 21.3 Å². The van der Waals surface area contributed by atoms with Crippen LogP contribution in [-0.4, -0.2) is 27.3 Å². The standard InChI is InChI=1S/C25H26O5/c1-27-21-16-18(17-22(28-2)25(21)29-3)14-15-23(26)30-24(19-10-6-4-7-11-19)20-12-8-5-9-13-20/h4-13,16-17,24H,14-15H2,1-3H3. The highest BCUT2D eigenvalue weighted by Crippen LogP contribution is 2.38. The van der Waals surface area contributed by atoms with E-state index in [0.717, 1.165) is 16.7 Å². The normalized spacial score (nSPS) is 10.5. The van der Waals surface area contributed by atoms with Crippen molar-refractivity contribution >= 4 is 5.97 Å². The van der Waals surface area contributed by atoms with Crippen LogP contribution in [0.5, 0.6) is 17.2 Å². The predicted molar refractivity (Wildman–Crippen MR) is 115 cm³/mol. The number of esters is 1. The second kappa shape index (κ2) is 10.3. The predicted octanol–water partition coefficient (Wildman–Crippen LogP) is 4.98. The van der Waals surface area contributed by atoms with Gasteiger partial charge in [-0.25, -0.2) is 0 Å². The lowest BCUT2D eigenvalue weighted by molar-refractivity contribution is -0.147. The van der Waals surface area contributed by atoms with Crippen molar-refractivity contribution in [3.8, 4) is 17.2 Å². The molecule has 0 unspecified atom stereocenters. The van der Waals surface area contributed by atoms with Crippen molar-refractivity contribution < 1.29 is 23.7 Å². The fourth-order valence-corrected chi connectivity index (χ4v) is 3.30. The first-order chi connectivity index (χ1) is 14.7. The SMILES string of the molecule is COc1cc(CCC(=O)OC(c2ccccc2)c2ccccc2)cc(OC)c1OC. The minimum atomic E-state index is -0.445. The number of benzene rings is 3. The number of rotatable bonds is 9. The summed E-state index contributed by atoms with van der Waals surface area (Å²) in [6.45, 7) is 0. The van der Waals surface area contributed by atoms with Gasteiger partial charge in [-0.15, -0.1) is 0 Å². The Kier molecular flexibility index (Phi) is 7.33. The molecule has 0 bridgehead atoms. The van der Waals surface area contributed by atoms with Gasteiger partial charge in [0.25, 0.3) is 0 Å². The second-order valence-corrected chi connectivity index (χ2v) is 6.72. The molecule has 3 aromatic carbocycles. The van der Waals surface area contributed by atoms with E-state index in [1.807, 2.05) is 72.8 Å².